The molecule has 248 valence electrons. The smallest absolute Gasteiger partial charge is 0.445 e. The quantitative estimate of drug-likeness (QED) is 0.0916. The molecule has 0 fully saturated rings. The molecule has 1 aliphatic rings. The Morgan fingerprint density at radius 3 is 2.50 bits per heavy atom. The lowest BCUT2D eigenvalue weighted by molar-refractivity contribution is -0.492. The Kier molecular flexibility index (Phi) is 11.8. The van der Waals surface area contributed by atoms with E-state index in [1.54, 1.807) is 50.2 Å². The topological polar surface area (TPSA) is 203 Å². The molecule has 2 unspecified atom stereocenters. The van der Waals surface area contributed by atoms with Gasteiger partial charge in [-0.2, -0.15) is 0 Å². The molecule has 0 aliphatic carbocycles. The molecule has 46 heavy (non-hydrogen) atoms. The molecule has 1 aromatic heterocycles. The van der Waals surface area contributed by atoms with Crippen molar-refractivity contribution in [3.63, 3.8) is 0 Å². The minimum Gasteiger partial charge on any atom is -0.445 e. The van der Waals surface area contributed by atoms with Crippen LogP contribution in [0.15, 0.2) is 69.4 Å². The molecule has 2 heterocycles. The van der Waals surface area contributed by atoms with Crippen LogP contribution in [0.2, 0.25) is 0 Å². The van der Waals surface area contributed by atoms with Crippen LogP contribution in [0, 0.1) is 5.92 Å². The molecule has 1 aliphatic heterocycles. The predicted molar refractivity (Wildman–Crippen MR) is 159 cm³/mol. The minimum atomic E-state index is -4.44. The average Bonchev–Trinajstić information content (AvgIpc) is 3.68. The number of ether oxygens (including phenoxy) is 2. The number of unbranched alkanes of at least 4 members (excludes halogenated alkanes) is 1. The molecular weight excluding hydrogens is 626 g/mol. The van der Waals surface area contributed by atoms with Crippen molar-refractivity contribution in [3.05, 3.63) is 60.5 Å². The molecule has 1 amide bonds. The van der Waals surface area contributed by atoms with E-state index < -0.39 is 40.4 Å². The third kappa shape index (κ3) is 8.65. The van der Waals surface area contributed by atoms with E-state index in [9.17, 15) is 18.0 Å². The second kappa shape index (κ2) is 15.7. The highest BCUT2D eigenvalue weighted by Crippen LogP contribution is 2.36. The van der Waals surface area contributed by atoms with E-state index in [-0.39, 0.29) is 30.6 Å². The molecule has 17 heteroatoms. The van der Waals surface area contributed by atoms with Crippen molar-refractivity contribution in [1.82, 2.24) is 20.0 Å². The monoisotopic (exact) mass is 661 g/mol. The van der Waals surface area contributed by atoms with Crippen LogP contribution in [-0.2, 0) is 40.5 Å². The summed E-state index contributed by atoms with van der Waals surface area (Å²) in [5, 5.41) is 23.4. The van der Waals surface area contributed by atoms with E-state index >= 15 is 0 Å². The number of carbonyl (C=O) groups excluding carboxylic acids is 2. The van der Waals surface area contributed by atoms with Gasteiger partial charge in [-0.25, -0.2) is 18.2 Å². The van der Waals surface area contributed by atoms with E-state index in [4.69, 9.17) is 29.1 Å². The maximum Gasteiger partial charge on any atom is 0.509 e. The molecule has 0 saturated heterocycles. The predicted octanol–water partition coefficient (Wildman–Crippen LogP) is 3.91. The number of oxime groups is 1. The summed E-state index contributed by atoms with van der Waals surface area (Å²) in [5.74, 6) is -0.402. The van der Waals surface area contributed by atoms with Gasteiger partial charge in [0.25, 0.3) is 0 Å². The highest BCUT2D eigenvalue weighted by atomic mass is 32.2. The Bertz CT molecular complexity index is 1630. The summed E-state index contributed by atoms with van der Waals surface area (Å²) in [4.78, 5) is 38.2. The van der Waals surface area contributed by atoms with Crippen molar-refractivity contribution in [3.8, 4) is 22.6 Å². The van der Waals surface area contributed by atoms with E-state index in [0.717, 1.165) is 4.31 Å². The molecule has 2 atom stereocenters. The number of hydrogen-bond donors (Lipinski definition) is 3. The van der Waals surface area contributed by atoms with E-state index in [2.05, 4.69) is 20.3 Å². The SMILES string of the molecule is CC(=O)NCc1cc(-c2ncco2)ccc1-c1ccccc1S(=O)(=O)N(COC(=O)OCCCCON(O)O)C1ON=C(C)C1C. The number of rotatable bonds is 15. The van der Waals surface area contributed by atoms with Gasteiger partial charge in [-0.05, 0) is 49.1 Å². The van der Waals surface area contributed by atoms with Gasteiger partial charge in [-0.3, -0.25) is 20.0 Å². The van der Waals surface area contributed by atoms with Gasteiger partial charge in [0.2, 0.25) is 28.0 Å². The van der Waals surface area contributed by atoms with E-state index in [0.29, 0.717) is 46.7 Å². The van der Waals surface area contributed by atoms with Crippen LogP contribution in [0.25, 0.3) is 22.6 Å². The highest BCUT2D eigenvalue weighted by Gasteiger charge is 2.42. The lowest BCUT2D eigenvalue weighted by atomic mass is 9.97. The molecule has 2 aromatic carbocycles. The lowest BCUT2D eigenvalue weighted by Gasteiger charge is -2.29. The fourth-order valence-corrected chi connectivity index (χ4v) is 6.17. The maximum absolute atomic E-state index is 14.4. The van der Waals surface area contributed by atoms with Gasteiger partial charge in [-0.15, -0.1) is 4.31 Å². The van der Waals surface area contributed by atoms with Crippen molar-refractivity contribution in [2.24, 2.45) is 11.1 Å². The fourth-order valence-electron chi connectivity index (χ4n) is 4.53. The Morgan fingerprint density at radius 2 is 1.83 bits per heavy atom. The first-order chi connectivity index (χ1) is 22.0. The van der Waals surface area contributed by atoms with Gasteiger partial charge in [0, 0.05) is 24.6 Å². The molecule has 16 nitrogen and oxygen atoms in total. The van der Waals surface area contributed by atoms with Gasteiger partial charge < -0.3 is 24.0 Å². The van der Waals surface area contributed by atoms with Crippen LogP contribution in [0.4, 0.5) is 4.79 Å². The molecule has 4 rings (SSSR count). The Labute approximate surface area is 265 Å². The average molecular weight is 662 g/mol. The molecular formula is C29H35N5O11S. The second-order valence-electron chi connectivity index (χ2n) is 10.2. The summed E-state index contributed by atoms with van der Waals surface area (Å²) in [6.07, 6.45) is 1.32. The van der Waals surface area contributed by atoms with Crippen molar-refractivity contribution >= 4 is 27.8 Å². The zero-order valence-electron chi connectivity index (χ0n) is 25.4. The number of sulfonamides is 1. The number of amides is 1. The zero-order valence-corrected chi connectivity index (χ0v) is 26.2. The Hall–Kier alpha value is -4.39. The van der Waals surface area contributed by atoms with E-state index in [1.807, 2.05) is 0 Å². The first kappa shape index (κ1) is 34.5. The van der Waals surface area contributed by atoms with E-state index in [1.165, 1.54) is 25.5 Å². The van der Waals surface area contributed by atoms with Crippen molar-refractivity contribution in [2.75, 3.05) is 19.9 Å². The number of benzene rings is 2. The Morgan fingerprint density at radius 1 is 1.07 bits per heavy atom. The van der Waals surface area contributed by atoms with Gasteiger partial charge in [-0.1, -0.05) is 36.3 Å². The summed E-state index contributed by atoms with van der Waals surface area (Å²) < 4.78 is 45.4. The summed E-state index contributed by atoms with van der Waals surface area (Å²) in [7, 11) is -4.44. The van der Waals surface area contributed by atoms with Crippen LogP contribution in [0.5, 0.6) is 0 Å². The molecule has 3 aromatic rings. The lowest BCUT2D eigenvalue weighted by Crippen LogP contribution is -2.45. The van der Waals surface area contributed by atoms with Crippen LogP contribution in [-0.4, -0.2) is 77.5 Å². The second-order valence-corrected chi connectivity index (χ2v) is 12.0. The summed E-state index contributed by atoms with van der Waals surface area (Å²) in [5.41, 5.74) is 2.61. The van der Waals surface area contributed by atoms with Gasteiger partial charge in [0.05, 0.1) is 41.3 Å². The van der Waals surface area contributed by atoms with Crippen molar-refractivity contribution in [1.29, 1.82) is 0 Å². The molecule has 0 bridgehead atoms. The number of nitrogens with zero attached hydrogens (tertiary/aromatic N) is 4. The minimum absolute atomic E-state index is 0.0396. The van der Waals surface area contributed by atoms with Gasteiger partial charge >= 0.3 is 6.16 Å². The van der Waals surface area contributed by atoms with Crippen LogP contribution in [0.1, 0.15) is 39.2 Å². The fraction of sp³-hybridized carbons (Fsp3) is 0.379. The summed E-state index contributed by atoms with van der Waals surface area (Å²) in [6.45, 7) is 4.02. The zero-order chi connectivity index (χ0) is 33.3. The van der Waals surface area contributed by atoms with Crippen molar-refractivity contribution < 1.29 is 52.0 Å². The molecule has 3 N–H and O–H groups in total. The first-order valence-corrected chi connectivity index (χ1v) is 15.6. The third-order valence-corrected chi connectivity index (χ3v) is 8.87. The summed E-state index contributed by atoms with van der Waals surface area (Å²) >= 11 is 0. The number of carbonyl (C=O) groups is 2. The normalized spacial score (nSPS) is 16.3. The van der Waals surface area contributed by atoms with Gasteiger partial charge in [0.15, 0.2) is 6.73 Å². The maximum atomic E-state index is 14.4. The highest BCUT2D eigenvalue weighted by molar-refractivity contribution is 7.89. The first-order valence-electron chi connectivity index (χ1n) is 14.2. The molecule has 0 spiro atoms. The van der Waals surface area contributed by atoms with Crippen molar-refractivity contribution in [2.45, 2.75) is 51.3 Å². The largest absolute Gasteiger partial charge is 0.509 e. The molecule has 0 radical (unpaired) electrons. The number of oxazole rings is 1. The number of hydrogen-bond acceptors (Lipinski definition) is 14. The van der Waals surface area contributed by atoms with Crippen LogP contribution in [0.3, 0.4) is 0 Å². The van der Waals surface area contributed by atoms with Crippen LogP contribution >= 0.6 is 0 Å². The number of nitrogens with one attached hydrogen (secondary N) is 1. The molecule has 0 saturated carbocycles. The van der Waals surface area contributed by atoms with Gasteiger partial charge in [0.1, 0.15) is 6.26 Å². The summed E-state index contributed by atoms with van der Waals surface area (Å²) in [6, 6.07) is 11.5. The van der Waals surface area contributed by atoms with Crippen LogP contribution < -0.4 is 5.32 Å². The Balaban J connectivity index is 1.63. The standard InChI is InChI=1S/C29H35N5O11S/c1-19-20(2)32-45-28(19)33(18-43-29(36)42-13-6-7-14-44-34(37)38)46(39,40)26-9-5-4-8-25(26)24-11-10-22(27-30-12-15-41-27)16-23(24)17-31-21(3)35/h4-5,8-12,15-16,19,28,37-38H,6-7,13-14,17-18H2,1-3H3,(H,31,35). The number of aromatic nitrogens is 1. The third-order valence-electron chi connectivity index (χ3n) is 7.03.